The third kappa shape index (κ3) is 1.60. The van der Waals surface area contributed by atoms with Crippen LogP contribution in [0.5, 0.6) is 0 Å². The van der Waals surface area contributed by atoms with Gasteiger partial charge in [0.2, 0.25) is 0 Å². The Balaban J connectivity index is 1.81. The molecular formula is C17H14N2S. The van der Waals surface area contributed by atoms with Crippen LogP contribution < -0.4 is 4.90 Å². The number of anilines is 1. The predicted molar refractivity (Wildman–Crippen MR) is 87.2 cm³/mol. The van der Waals surface area contributed by atoms with E-state index >= 15 is 0 Å². The number of benzene rings is 2. The van der Waals surface area contributed by atoms with Gasteiger partial charge >= 0.3 is 0 Å². The van der Waals surface area contributed by atoms with Gasteiger partial charge in [0.1, 0.15) is 4.99 Å². The van der Waals surface area contributed by atoms with Crippen LogP contribution >= 0.6 is 12.2 Å². The fourth-order valence-corrected chi connectivity index (χ4v) is 3.25. The highest BCUT2D eigenvalue weighted by Crippen LogP contribution is 2.31. The van der Waals surface area contributed by atoms with Gasteiger partial charge in [0.25, 0.3) is 0 Å². The molecule has 0 atom stereocenters. The highest BCUT2D eigenvalue weighted by molar-refractivity contribution is 7.81. The van der Waals surface area contributed by atoms with E-state index in [-0.39, 0.29) is 0 Å². The van der Waals surface area contributed by atoms with Gasteiger partial charge in [-0.15, -0.1) is 0 Å². The molecule has 1 aliphatic heterocycles. The summed E-state index contributed by atoms with van der Waals surface area (Å²) in [4.78, 5) is 3.14. The van der Waals surface area contributed by atoms with Crippen molar-refractivity contribution in [2.75, 3.05) is 4.90 Å². The molecule has 0 radical (unpaired) electrons. The van der Waals surface area contributed by atoms with Gasteiger partial charge in [0.15, 0.2) is 0 Å². The summed E-state index contributed by atoms with van der Waals surface area (Å²) < 4.78 is 2.14. The second kappa shape index (κ2) is 4.18. The van der Waals surface area contributed by atoms with E-state index < -0.39 is 0 Å². The third-order valence-corrected chi connectivity index (χ3v) is 4.45. The quantitative estimate of drug-likeness (QED) is 0.624. The maximum absolute atomic E-state index is 5.63. The van der Waals surface area contributed by atoms with Crippen LogP contribution in [0.2, 0.25) is 0 Å². The lowest BCUT2D eigenvalue weighted by Gasteiger charge is -2.18. The second-order valence-electron chi connectivity index (χ2n) is 5.22. The van der Waals surface area contributed by atoms with Gasteiger partial charge in [-0.1, -0.05) is 42.5 Å². The van der Waals surface area contributed by atoms with E-state index in [1.165, 1.54) is 27.7 Å². The summed E-state index contributed by atoms with van der Waals surface area (Å²) in [6.07, 6.45) is 2.09. The van der Waals surface area contributed by atoms with Crippen LogP contribution in [0.25, 0.3) is 10.9 Å². The monoisotopic (exact) mass is 278 g/mol. The third-order valence-electron chi connectivity index (χ3n) is 4.00. The van der Waals surface area contributed by atoms with E-state index in [2.05, 4.69) is 71.2 Å². The lowest BCUT2D eigenvalue weighted by atomic mass is 10.1. The molecule has 0 N–H and O–H groups in total. The molecule has 0 saturated heterocycles. The van der Waals surface area contributed by atoms with Crippen molar-refractivity contribution in [2.24, 2.45) is 7.05 Å². The Morgan fingerprint density at radius 1 is 1.05 bits per heavy atom. The fraction of sp³-hybridized carbons (Fsp3) is 0.118. The molecule has 0 unspecified atom stereocenters. The highest BCUT2D eigenvalue weighted by atomic mass is 32.1. The lowest BCUT2D eigenvalue weighted by molar-refractivity contribution is 0.967. The Hall–Kier alpha value is -2.13. The van der Waals surface area contributed by atoms with Crippen LogP contribution in [-0.4, -0.2) is 9.56 Å². The summed E-state index contributed by atoms with van der Waals surface area (Å²) in [6, 6.07) is 17.1. The van der Waals surface area contributed by atoms with E-state index in [1.54, 1.807) is 0 Å². The zero-order chi connectivity index (χ0) is 13.7. The molecule has 2 nitrogen and oxygen atoms in total. The molecule has 3 heteroatoms. The van der Waals surface area contributed by atoms with Gasteiger partial charge < -0.3 is 9.47 Å². The zero-order valence-electron chi connectivity index (χ0n) is 11.2. The predicted octanol–water partition coefficient (Wildman–Crippen LogP) is 3.87. The first-order valence-electron chi connectivity index (χ1n) is 6.69. The van der Waals surface area contributed by atoms with Crippen molar-refractivity contribution in [3.05, 3.63) is 65.9 Å². The molecule has 0 spiro atoms. The molecule has 20 heavy (non-hydrogen) atoms. The summed E-state index contributed by atoms with van der Waals surface area (Å²) in [5, 5.41) is 1.26. The molecule has 98 valence electrons. The van der Waals surface area contributed by atoms with Crippen molar-refractivity contribution in [1.29, 1.82) is 0 Å². The molecular weight excluding hydrogens is 264 g/mol. The van der Waals surface area contributed by atoms with Crippen molar-refractivity contribution >= 4 is 33.8 Å². The van der Waals surface area contributed by atoms with Crippen molar-refractivity contribution in [3.8, 4) is 0 Å². The average Bonchev–Trinajstić information content (AvgIpc) is 3.01. The number of thiocarbonyl (C=S) groups is 1. The molecule has 2 aromatic carbocycles. The van der Waals surface area contributed by atoms with Gasteiger partial charge in [-0.3, -0.25) is 0 Å². The summed E-state index contributed by atoms with van der Waals surface area (Å²) in [5.74, 6) is 0. The number of fused-ring (bicyclic) bond motifs is 2. The average molecular weight is 278 g/mol. The molecule has 1 aliphatic rings. The normalized spacial score (nSPS) is 14.1. The Kier molecular flexibility index (Phi) is 2.44. The standard InChI is InChI=1S/C17H14N2S/c1-18-9-8-12-6-7-14(10-16(12)18)19-11-13-4-2-3-5-15(13)17(19)20/h2-10H,11H2,1H3. The molecule has 0 bridgehead atoms. The molecule has 1 aromatic heterocycles. The van der Waals surface area contributed by atoms with Gasteiger partial charge in [-0.2, -0.15) is 0 Å². The fourth-order valence-electron chi connectivity index (χ4n) is 2.88. The lowest BCUT2D eigenvalue weighted by Crippen LogP contribution is -2.21. The van der Waals surface area contributed by atoms with Crippen LogP contribution in [-0.2, 0) is 13.6 Å². The van der Waals surface area contributed by atoms with Crippen LogP contribution in [0.1, 0.15) is 11.1 Å². The summed E-state index contributed by atoms with van der Waals surface area (Å²) in [5.41, 5.74) is 4.90. The molecule has 0 amide bonds. The summed E-state index contributed by atoms with van der Waals surface area (Å²) >= 11 is 5.63. The largest absolute Gasteiger partial charge is 0.350 e. The van der Waals surface area contributed by atoms with Gasteiger partial charge in [-0.25, -0.2) is 0 Å². The summed E-state index contributed by atoms with van der Waals surface area (Å²) in [7, 11) is 2.07. The maximum atomic E-state index is 5.63. The second-order valence-corrected chi connectivity index (χ2v) is 5.60. The number of aryl methyl sites for hydroxylation is 1. The van der Waals surface area contributed by atoms with E-state index in [0.717, 1.165) is 11.5 Å². The minimum Gasteiger partial charge on any atom is -0.350 e. The Labute approximate surface area is 123 Å². The number of nitrogens with zero attached hydrogens (tertiary/aromatic N) is 2. The van der Waals surface area contributed by atoms with Crippen LogP contribution in [0.3, 0.4) is 0 Å². The first-order valence-corrected chi connectivity index (χ1v) is 7.10. The van der Waals surface area contributed by atoms with Crippen molar-refractivity contribution < 1.29 is 0 Å². The van der Waals surface area contributed by atoms with Gasteiger partial charge in [0.05, 0.1) is 0 Å². The van der Waals surface area contributed by atoms with Crippen molar-refractivity contribution in [2.45, 2.75) is 6.54 Å². The highest BCUT2D eigenvalue weighted by Gasteiger charge is 2.24. The first kappa shape index (κ1) is 11.7. The van der Waals surface area contributed by atoms with Crippen molar-refractivity contribution in [1.82, 2.24) is 4.57 Å². The number of hydrogen-bond donors (Lipinski definition) is 0. The Morgan fingerprint density at radius 2 is 1.90 bits per heavy atom. The van der Waals surface area contributed by atoms with Crippen molar-refractivity contribution in [3.63, 3.8) is 0 Å². The molecule has 0 fully saturated rings. The first-order chi connectivity index (χ1) is 9.74. The molecule has 0 aliphatic carbocycles. The van der Waals surface area contributed by atoms with E-state index in [4.69, 9.17) is 12.2 Å². The maximum Gasteiger partial charge on any atom is 0.114 e. The molecule has 4 rings (SSSR count). The zero-order valence-corrected chi connectivity index (χ0v) is 12.0. The number of hydrogen-bond acceptors (Lipinski definition) is 1. The molecule has 2 heterocycles. The van der Waals surface area contributed by atoms with E-state index in [9.17, 15) is 0 Å². The van der Waals surface area contributed by atoms with Gasteiger partial charge in [0, 0.05) is 36.6 Å². The van der Waals surface area contributed by atoms with Gasteiger partial charge in [-0.05, 0) is 29.1 Å². The summed E-state index contributed by atoms with van der Waals surface area (Å²) in [6.45, 7) is 0.866. The topological polar surface area (TPSA) is 8.17 Å². The smallest absolute Gasteiger partial charge is 0.114 e. The van der Waals surface area contributed by atoms with Crippen LogP contribution in [0.15, 0.2) is 54.7 Å². The SMILES string of the molecule is Cn1ccc2ccc(N3Cc4ccccc4C3=S)cc21. The van der Waals surface area contributed by atoms with Crippen LogP contribution in [0.4, 0.5) is 5.69 Å². The minimum atomic E-state index is 0.866. The van der Waals surface area contributed by atoms with Crippen LogP contribution in [0, 0.1) is 0 Å². The number of rotatable bonds is 1. The Morgan fingerprint density at radius 3 is 2.75 bits per heavy atom. The number of aromatic nitrogens is 1. The molecule has 0 saturated carbocycles. The Bertz CT molecular complexity index is 832. The van der Waals surface area contributed by atoms with E-state index in [1.807, 2.05) is 0 Å². The van der Waals surface area contributed by atoms with E-state index in [0.29, 0.717) is 0 Å². The molecule has 3 aromatic rings. The minimum absolute atomic E-state index is 0.866.